The predicted molar refractivity (Wildman–Crippen MR) is 139 cm³/mol. The lowest BCUT2D eigenvalue weighted by Crippen LogP contribution is -2.43. The van der Waals surface area contributed by atoms with Crippen LogP contribution in [0, 0.1) is 0 Å². The Morgan fingerprint density at radius 3 is 2.58 bits per heavy atom. The highest BCUT2D eigenvalue weighted by Gasteiger charge is 2.41. The van der Waals surface area contributed by atoms with Crippen LogP contribution in [0.5, 0.6) is 0 Å². The second kappa shape index (κ2) is 10.9. The van der Waals surface area contributed by atoms with E-state index in [0.717, 1.165) is 31.4 Å². The number of esters is 1. The normalized spacial score (nSPS) is 19.2. The van der Waals surface area contributed by atoms with Crippen LogP contribution in [0.25, 0.3) is 5.57 Å². The Labute approximate surface area is 212 Å². The molecule has 1 N–H and O–H groups in total. The molecule has 2 aliphatic rings. The summed E-state index contributed by atoms with van der Waals surface area (Å²) in [5.74, 6) is -0.420. The number of fused-ring (bicyclic) bond motifs is 2. The maximum Gasteiger partial charge on any atom is 0.338 e. The van der Waals surface area contributed by atoms with E-state index in [-0.39, 0.29) is 17.9 Å². The number of nitrogens with one attached hydrogen (secondary N) is 1. The molecule has 1 fully saturated rings. The number of nitrogens with zero attached hydrogens (tertiary/aromatic N) is 2. The van der Waals surface area contributed by atoms with E-state index in [9.17, 15) is 9.59 Å². The van der Waals surface area contributed by atoms with Gasteiger partial charge in [-0.15, -0.1) is 0 Å². The second-order valence-corrected chi connectivity index (χ2v) is 9.33. The molecule has 36 heavy (non-hydrogen) atoms. The Morgan fingerprint density at radius 2 is 1.81 bits per heavy atom. The van der Waals surface area contributed by atoms with Gasteiger partial charge in [-0.25, -0.2) is 4.79 Å². The number of amides is 1. The standard InChI is InChI=1S/C30H31N3O3/c1-2-36-30(35)24-10-6-9-23(17-24)26-18-25-11-12-28(33(25)20-21-7-4-3-5-8-21)27(26)19-32-29(34)22-13-15-31-16-14-22/h3-10,13-17,25,28H,2,11-12,18-20H2,1H3,(H,32,34)/t25-,28+/m0/s1. The van der Waals surface area contributed by atoms with Gasteiger partial charge in [0.15, 0.2) is 0 Å². The molecular formula is C30H31N3O3. The Hall–Kier alpha value is -3.77. The van der Waals surface area contributed by atoms with Crippen molar-refractivity contribution < 1.29 is 14.3 Å². The van der Waals surface area contributed by atoms with Gasteiger partial charge in [-0.2, -0.15) is 0 Å². The van der Waals surface area contributed by atoms with Crippen LogP contribution in [-0.4, -0.2) is 47.0 Å². The first-order valence-electron chi connectivity index (χ1n) is 12.6. The van der Waals surface area contributed by atoms with Gasteiger partial charge in [-0.05, 0) is 72.7 Å². The van der Waals surface area contributed by atoms with Crippen LogP contribution in [-0.2, 0) is 11.3 Å². The molecule has 1 saturated heterocycles. The van der Waals surface area contributed by atoms with E-state index in [2.05, 4.69) is 45.5 Å². The maximum atomic E-state index is 12.9. The van der Waals surface area contributed by atoms with Gasteiger partial charge in [0.2, 0.25) is 0 Å². The van der Waals surface area contributed by atoms with E-state index in [1.807, 2.05) is 25.1 Å². The summed E-state index contributed by atoms with van der Waals surface area (Å²) < 4.78 is 5.24. The van der Waals surface area contributed by atoms with Crippen LogP contribution < -0.4 is 5.32 Å². The molecule has 3 aromatic rings. The summed E-state index contributed by atoms with van der Waals surface area (Å²) in [6, 6.07) is 22.4. The molecule has 184 valence electrons. The van der Waals surface area contributed by atoms with Crippen molar-refractivity contribution in [3.05, 3.63) is 107 Å². The van der Waals surface area contributed by atoms with Crippen molar-refractivity contribution in [2.24, 2.45) is 0 Å². The van der Waals surface area contributed by atoms with E-state index >= 15 is 0 Å². The van der Waals surface area contributed by atoms with Gasteiger partial charge < -0.3 is 10.1 Å². The Bertz CT molecular complexity index is 1260. The molecule has 1 aromatic heterocycles. The molecular weight excluding hydrogens is 450 g/mol. The quantitative estimate of drug-likeness (QED) is 0.465. The van der Waals surface area contributed by atoms with Gasteiger partial charge in [-0.3, -0.25) is 14.7 Å². The van der Waals surface area contributed by atoms with Crippen molar-refractivity contribution in [2.45, 2.75) is 44.8 Å². The van der Waals surface area contributed by atoms with Crippen molar-refractivity contribution in [2.75, 3.05) is 13.2 Å². The minimum Gasteiger partial charge on any atom is -0.462 e. The average Bonchev–Trinajstić information content (AvgIpc) is 3.20. The second-order valence-electron chi connectivity index (χ2n) is 9.33. The third kappa shape index (κ3) is 5.09. The van der Waals surface area contributed by atoms with Crippen LogP contribution in [0.15, 0.2) is 84.7 Å². The number of aromatic nitrogens is 1. The first kappa shape index (κ1) is 23.9. The van der Waals surface area contributed by atoms with Gasteiger partial charge in [0.1, 0.15) is 0 Å². The fraction of sp³-hybridized carbons (Fsp3) is 0.300. The molecule has 2 aliphatic heterocycles. The van der Waals surface area contributed by atoms with E-state index in [0.29, 0.717) is 30.3 Å². The number of pyridine rings is 1. The number of hydrogen-bond donors (Lipinski definition) is 1. The van der Waals surface area contributed by atoms with Crippen LogP contribution in [0.4, 0.5) is 0 Å². The summed E-state index contributed by atoms with van der Waals surface area (Å²) in [5, 5.41) is 3.15. The van der Waals surface area contributed by atoms with E-state index in [1.54, 1.807) is 30.6 Å². The zero-order valence-corrected chi connectivity index (χ0v) is 20.5. The summed E-state index contributed by atoms with van der Waals surface area (Å²) in [4.78, 5) is 31.9. The molecule has 6 nitrogen and oxygen atoms in total. The Balaban J connectivity index is 1.48. The Morgan fingerprint density at radius 1 is 1.00 bits per heavy atom. The number of benzene rings is 2. The molecule has 3 heterocycles. The average molecular weight is 482 g/mol. The molecule has 0 spiro atoms. The zero-order valence-electron chi connectivity index (χ0n) is 20.5. The molecule has 6 heteroatoms. The van der Waals surface area contributed by atoms with Gasteiger partial charge in [0.25, 0.3) is 5.91 Å². The number of carbonyl (C=O) groups excluding carboxylic acids is 2. The topological polar surface area (TPSA) is 71.5 Å². The first-order valence-corrected chi connectivity index (χ1v) is 12.6. The summed E-state index contributed by atoms with van der Waals surface area (Å²) in [6.07, 6.45) is 6.31. The number of rotatable bonds is 8. The summed E-state index contributed by atoms with van der Waals surface area (Å²) >= 11 is 0. The zero-order chi connectivity index (χ0) is 24.9. The number of carbonyl (C=O) groups is 2. The molecule has 1 amide bonds. The fourth-order valence-electron chi connectivity index (χ4n) is 5.49. The lowest BCUT2D eigenvalue weighted by atomic mass is 9.87. The minimum atomic E-state index is -0.308. The van der Waals surface area contributed by atoms with Crippen molar-refractivity contribution >= 4 is 17.4 Å². The molecule has 2 atom stereocenters. The maximum absolute atomic E-state index is 12.9. The van der Waals surface area contributed by atoms with Crippen LogP contribution in [0.1, 0.15) is 58.0 Å². The van der Waals surface area contributed by atoms with Crippen molar-refractivity contribution in [3.63, 3.8) is 0 Å². The van der Waals surface area contributed by atoms with Crippen LogP contribution in [0.2, 0.25) is 0 Å². The summed E-state index contributed by atoms with van der Waals surface area (Å²) in [5.41, 5.74) is 5.93. The molecule has 0 radical (unpaired) electrons. The number of hydrogen-bond acceptors (Lipinski definition) is 5. The van der Waals surface area contributed by atoms with Crippen molar-refractivity contribution in [1.29, 1.82) is 0 Å². The first-order chi connectivity index (χ1) is 17.6. The molecule has 0 saturated carbocycles. The lowest BCUT2D eigenvalue weighted by Gasteiger charge is -2.38. The van der Waals surface area contributed by atoms with Gasteiger partial charge in [-0.1, -0.05) is 42.5 Å². The van der Waals surface area contributed by atoms with Crippen molar-refractivity contribution in [3.8, 4) is 0 Å². The predicted octanol–water partition coefficient (Wildman–Crippen LogP) is 4.88. The van der Waals surface area contributed by atoms with Gasteiger partial charge in [0.05, 0.1) is 12.2 Å². The molecule has 2 bridgehead atoms. The molecule has 0 aliphatic carbocycles. The molecule has 5 rings (SSSR count). The summed E-state index contributed by atoms with van der Waals surface area (Å²) in [7, 11) is 0. The fourth-order valence-corrected chi connectivity index (χ4v) is 5.49. The monoisotopic (exact) mass is 481 g/mol. The van der Waals surface area contributed by atoms with Crippen LogP contribution in [0.3, 0.4) is 0 Å². The van der Waals surface area contributed by atoms with E-state index < -0.39 is 0 Å². The van der Waals surface area contributed by atoms with E-state index in [4.69, 9.17) is 4.74 Å². The smallest absolute Gasteiger partial charge is 0.338 e. The third-order valence-electron chi connectivity index (χ3n) is 7.18. The van der Waals surface area contributed by atoms with Crippen molar-refractivity contribution in [1.82, 2.24) is 15.2 Å². The van der Waals surface area contributed by atoms with Gasteiger partial charge in [0, 0.05) is 43.1 Å². The third-order valence-corrected chi connectivity index (χ3v) is 7.18. The minimum absolute atomic E-state index is 0.112. The number of ether oxygens (including phenoxy) is 1. The molecule has 2 aromatic carbocycles. The molecule has 0 unspecified atom stereocenters. The lowest BCUT2D eigenvalue weighted by molar-refractivity contribution is 0.0526. The SMILES string of the molecule is CCOC(=O)c1cccc(C2=C(CNC(=O)c3ccncc3)[C@H]3CC[C@@H](C2)N3Cc2ccccc2)c1. The highest BCUT2D eigenvalue weighted by molar-refractivity contribution is 5.94. The largest absolute Gasteiger partial charge is 0.462 e. The Kier molecular flexibility index (Phi) is 7.23. The van der Waals surface area contributed by atoms with E-state index in [1.165, 1.54) is 16.7 Å². The van der Waals surface area contributed by atoms with Crippen LogP contribution >= 0.6 is 0 Å². The highest BCUT2D eigenvalue weighted by Crippen LogP contribution is 2.43. The van der Waals surface area contributed by atoms with Gasteiger partial charge >= 0.3 is 5.97 Å². The highest BCUT2D eigenvalue weighted by atomic mass is 16.5. The summed E-state index contributed by atoms with van der Waals surface area (Å²) in [6.45, 7) is 3.50.